The van der Waals surface area contributed by atoms with Gasteiger partial charge in [0.1, 0.15) is 12.4 Å². The lowest BCUT2D eigenvalue weighted by Gasteiger charge is -2.02. The van der Waals surface area contributed by atoms with Crippen LogP contribution < -0.4 is 4.57 Å². The van der Waals surface area contributed by atoms with Crippen LogP contribution in [0.5, 0.6) is 0 Å². The molecular formula is C26H38N3+. The fourth-order valence-corrected chi connectivity index (χ4v) is 3.99. The lowest BCUT2D eigenvalue weighted by Crippen LogP contribution is -2.32. The maximum absolute atomic E-state index is 4.68. The molecule has 29 heavy (non-hydrogen) atoms. The van der Waals surface area contributed by atoms with Crippen molar-refractivity contribution in [1.29, 1.82) is 0 Å². The predicted molar refractivity (Wildman–Crippen MR) is 123 cm³/mol. The third kappa shape index (κ3) is 7.30. The van der Waals surface area contributed by atoms with E-state index in [4.69, 9.17) is 0 Å². The summed E-state index contributed by atoms with van der Waals surface area (Å²) in [5.41, 5.74) is 3.26. The van der Waals surface area contributed by atoms with Gasteiger partial charge in [0.25, 0.3) is 0 Å². The zero-order chi connectivity index (χ0) is 20.2. The number of hydrogen-bond donors (Lipinski definition) is 1. The molecule has 0 atom stereocenters. The fourth-order valence-electron chi connectivity index (χ4n) is 3.99. The van der Waals surface area contributed by atoms with Gasteiger partial charge in [0.2, 0.25) is 0 Å². The highest BCUT2D eigenvalue weighted by molar-refractivity contribution is 5.78. The first-order valence-electron chi connectivity index (χ1n) is 11.8. The molecule has 3 rings (SSSR count). The lowest BCUT2D eigenvalue weighted by molar-refractivity contribution is -0.697. The summed E-state index contributed by atoms with van der Waals surface area (Å²) in [7, 11) is 0. The van der Waals surface area contributed by atoms with E-state index in [9.17, 15) is 0 Å². The summed E-state index contributed by atoms with van der Waals surface area (Å²) in [4.78, 5) is 8.09. The average molecular weight is 393 g/mol. The van der Waals surface area contributed by atoms with Gasteiger partial charge in [0.15, 0.2) is 12.4 Å². The molecule has 1 N–H and O–H groups in total. The van der Waals surface area contributed by atoms with Crippen LogP contribution in [0.2, 0.25) is 0 Å². The molecule has 0 saturated heterocycles. The van der Waals surface area contributed by atoms with Crippen molar-refractivity contribution >= 4 is 11.0 Å². The van der Waals surface area contributed by atoms with Crippen molar-refractivity contribution in [3.8, 4) is 11.4 Å². The molecular weight excluding hydrogens is 354 g/mol. The van der Waals surface area contributed by atoms with Crippen molar-refractivity contribution in [3.63, 3.8) is 0 Å². The fraction of sp³-hybridized carbons (Fsp3) is 0.538. The van der Waals surface area contributed by atoms with Gasteiger partial charge in [-0.3, -0.25) is 0 Å². The third-order valence-corrected chi connectivity index (χ3v) is 5.82. The van der Waals surface area contributed by atoms with Crippen LogP contribution in [0.3, 0.4) is 0 Å². The zero-order valence-electron chi connectivity index (χ0n) is 18.2. The normalized spacial score (nSPS) is 11.3. The molecule has 0 amide bonds. The summed E-state index contributed by atoms with van der Waals surface area (Å²) >= 11 is 0. The molecule has 0 fully saturated rings. The summed E-state index contributed by atoms with van der Waals surface area (Å²) in [6, 6.07) is 12.5. The Bertz CT molecular complexity index is 786. The Morgan fingerprint density at radius 2 is 1.31 bits per heavy atom. The zero-order valence-corrected chi connectivity index (χ0v) is 18.2. The summed E-state index contributed by atoms with van der Waals surface area (Å²) in [5, 5.41) is 0. The van der Waals surface area contributed by atoms with Gasteiger partial charge in [0, 0.05) is 24.1 Å². The number of nitrogens with one attached hydrogen (secondary N) is 1. The van der Waals surface area contributed by atoms with Gasteiger partial charge in [-0.2, -0.15) is 0 Å². The molecule has 0 spiro atoms. The van der Waals surface area contributed by atoms with Crippen LogP contribution in [0.1, 0.15) is 84.0 Å². The number of benzene rings is 1. The van der Waals surface area contributed by atoms with Crippen molar-refractivity contribution in [2.24, 2.45) is 0 Å². The number of unbranched alkanes of at least 4 members (excludes halogenated alkanes) is 11. The predicted octanol–water partition coefficient (Wildman–Crippen LogP) is 7.22. The van der Waals surface area contributed by atoms with E-state index in [1.807, 2.05) is 18.2 Å². The molecule has 0 aliphatic heterocycles. The molecule has 0 unspecified atom stereocenters. The van der Waals surface area contributed by atoms with Gasteiger partial charge in [-0.1, -0.05) is 83.3 Å². The number of nitrogens with zero attached hydrogens (tertiary/aromatic N) is 2. The number of pyridine rings is 1. The first-order valence-corrected chi connectivity index (χ1v) is 11.8. The van der Waals surface area contributed by atoms with Crippen molar-refractivity contribution in [2.45, 2.75) is 90.5 Å². The van der Waals surface area contributed by atoms with Crippen molar-refractivity contribution in [2.75, 3.05) is 0 Å². The van der Waals surface area contributed by atoms with Crippen LogP contribution in [0.4, 0.5) is 0 Å². The Morgan fingerprint density at radius 3 is 1.93 bits per heavy atom. The second-order valence-corrected chi connectivity index (χ2v) is 8.32. The summed E-state index contributed by atoms with van der Waals surface area (Å²) in [6.45, 7) is 3.40. The number of aryl methyl sites for hydroxylation is 1. The number of rotatable bonds is 14. The second-order valence-electron chi connectivity index (χ2n) is 8.32. The van der Waals surface area contributed by atoms with Gasteiger partial charge in [-0.15, -0.1) is 0 Å². The standard InChI is InChI=1S/C26H37N3/c1-2-3-4-5-6-7-8-9-10-11-12-15-20-29-21-18-23(19-22-29)26-27-24-16-13-14-17-25(24)28-26/h13-14,16-19,21-22H,2-12,15,20H2,1H3/p+1. The monoisotopic (exact) mass is 392 g/mol. The SMILES string of the molecule is CCCCCCCCCCCCCC[n+]1ccc(-c2nc3ccccc3[nH]2)cc1. The third-order valence-electron chi connectivity index (χ3n) is 5.82. The quantitative estimate of drug-likeness (QED) is 0.228. The molecule has 1 aromatic carbocycles. The van der Waals surface area contributed by atoms with E-state index in [2.05, 4.69) is 52.1 Å². The van der Waals surface area contributed by atoms with Crippen molar-refractivity contribution < 1.29 is 4.57 Å². The van der Waals surface area contributed by atoms with E-state index >= 15 is 0 Å². The number of fused-ring (bicyclic) bond motifs is 1. The Hall–Kier alpha value is -2.16. The van der Waals surface area contributed by atoms with E-state index in [0.717, 1.165) is 29.0 Å². The van der Waals surface area contributed by atoms with Gasteiger partial charge in [-0.05, 0) is 18.6 Å². The number of imidazole rings is 1. The largest absolute Gasteiger partial charge is 0.338 e. The molecule has 156 valence electrons. The first kappa shape index (κ1) is 21.5. The molecule has 0 aliphatic rings. The molecule has 3 nitrogen and oxygen atoms in total. The maximum Gasteiger partial charge on any atom is 0.169 e. The topological polar surface area (TPSA) is 32.6 Å². The van der Waals surface area contributed by atoms with Crippen LogP contribution in [0.15, 0.2) is 48.8 Å². The number of aromatic amines is 1. The number of para-hydroxylation sites is 2. The van der Waals surface area contributed by atoms with Gasteiger partial charge in [0.05, 0.1) is 11.0 Å². The molecule has 0 radical (unpaired) electrons. The Labute approximate surface area is 176 Å². The van der Waals surface area contributed by atoms with Crippen LogP contribution in [0, 0.1) is 0 Å². The van der Waals surface area contributed by atoms with Gasteiger partial charge in [-0.25, -0.2) is 9.55 Å². The van der Waals surface area contributed by atoms with E-state index in [-0.39, 0.29) is 0 Å². The van der Waals surface area contributed by atoms with E-state index in [1.54, 1.807) is 0 Å². The summed E-state index contributed by atoms with van der Waals surface area (Å²) in [5.74, 6) is 0.948. The lowest BCUT2D eigenvalue weighted by atomic mass is 10.1. The molecule has 3 heteroatoms. The first-order chi connectivity index (χ1) is 14.4. The average Bonchev–Trinajstić information content (AvgIpc) is 3.19. The molecule has 3 aromatic rings. The van der Waals surface area contributed by atoms with Gasteiger partial charge < -0.3 is 4.98 Å². The molecule has 2 heterocycles. The number of aromatic nitrogens is 3. The van der Waals surface area contributed by atoms with Crippen LogP contribution in [-0.2, 0) is 6.54 Å². The molecule has 0 bridgehead atoms. The molecule has 2 aromatic heterocycles. The van der Waals surface area contributed by atoms with Crippen molar-refractivity contribution in [3.05, 3.63) is 48.8 Å². The van der Waals surface area contributed by atoms with Crippen LogP contribution in [-0.4, -0.2) is 9.97 Å². The Balaban J connectivity index is 1.27. The molecule has 0 saturated carbocycles. The van der Waals surface area contributed by atoms with E-state index in [0.29, 0.717) is 0 Å². The molecule has 0 aliphatic carbocycles. The highest BCUT2D eigenvalue weighted by atomic mass is 14.9. The van der Waals surface area contributed by atoms with Crippen molar-refractivity contribution in [1.82, 2.24) is 9.97 Å². The summed E-state index contributed by atoms with van der Waals surface area (Å²) in [6.07, 6.45) is 21.2. The highest BCUT2D eigenvalue weighted by Crippen LogP contribution is 2.19. The smallest absolute Gasteiger partial charge is 0.169 e. The maximum atomic E-state index is 4.68. The Morgan fingerprint density at radius 1 is 0.724 bits per heavy atom. The van der Waals surface area contributed by atoms with E-state index in [1.165, 1.54) is 77.0 Å². The second kappa shape index (κ2) is 12.4. The minimum atomic E-state index is 0.948. The minimum Gasteiger partial charge on any atom is -0.338 e. The van der Waals surface area contributed by atoms with E-state index < -0.39 is 0 Å². The van der Waals surface area contributed by atoms with Crippen LogP contribution in [0.25, 0.3) is 22.4 Å². The highest BCUT2D eigenvalue weighted by Gasteiger charge is 2.07. The van der Waals surface area contributed by atoms with Crippen LogP contribution >= 0.6 is 0 Å². The summed E-state index contributed by atoms with van der Waals surface area (Å²) < 4.78 is 2.29. The minimum absolute atomic E-state index is 0.948. The van der Waals surface area contributed by atoms with Gasteiger partial charge >= 0.3 is 0 Å². The number of hydrogen-bond acceptors (Lipinski definition) is 1. The Kier molecular flexibility index (Phi) is 9.22. The number of H-pyrrole nitrogens is 1.